The molecule has 5 heteroatoms. The second kappa shape index (κ2) is 14.6. The molecule has 0 spiro atoms. The zero-order valence-electron chi connectivity index (χ0n) is 31.8. The van der Waals surface area contributed by atoms with Gasteiger partial charge in [0.15, 0.2) is 5.78 Å². The molecule has 1 radical (unpaired) electrons. The summed E-state index contributed by atoms with van der Waals surface area (Å²) in [6.07, 6.45) is 4.75. The minimum atomic E-state index is -0.337. The Morgan fingerprint density at radius 1 is 0.840 bits per heavy atom. The number of carbonyl (C=O) groups is 1. The number of carbonyl (C=O) groups excluding carboxylic acids is 1. The molecule has 3 aromatic carbocycles. The first kappa shape index (κ1) is 39.3. The van der Waals surface area contributed by atoms with Crippen molar-refractivity contribution in [2.45, 2.75) is 113 Å². The predicted molar refractivity (Wildman–Crippen MR) is 205 cm³/mol. The van der Waals surface area contributed by atoms with Gasteiger partial charge in [-0.2, -0.15) is 0 Å². The fourth-order valence-corrected chi connectivity index (χ4v) is 7.13. The van der Waals surface area contributed by atoms with E-state index in [-0.39, 0.29) is 53.3 Å². The Morgan fingerprint density at radius 2 is 1.42 bits per heavy atom. The summed E-state index contributed by atoms with van der Waals surface area (Å²) < 4.78 is 6.38. The van der Waals surface area contributed by atoms with Gasteiger partial charge in [0.2, 0.25) is 0 Å². The van der Waals surface area contributed by atoms with Crippen LogP contribution in [0.15, 0.2) is 83.0 Å². The van der Waals surface area contributed by atoms with Gasteiger partial charge in [0.05, 0.1) is 5.52 Å². The Balaban J connectivity index is 0.000000269. The number of fused-ring (bicyclic) bond motifs is 6. The van der Waals surface area contributed by atoms with E-state index in [4.69, 9.17) is 9.40 Å². The Hall–Kier alpha value is -3.53. The molecule has 1 N–H and O–H groups in total. The topological polar surface area (TPSA) is 63.3 Å². The molecule has 1 aliphatic carbocycles. The average molecular weight is 849 g/mol. The maximum absolute atomic E-state index is 12.2. The molecule has 4 nitrogen and oxygen atoms in total. The number of hydrogen-bond donors (Lipinski definition) is 1. The standard InChI is InChI=1S/C30H26NO.C15H28O2.Ir/c1-29(2,3)22-17-24(31-23-15-8-6-11-18(22)23)19-13-10-14-21-26(19)30(4,5)27-20-12-7-9-16-25(20)32-28(21)27;1-7-14(5,8-2)12(16)11-13(17)15(6,9-3)10-4;/h6-12,14-17H,1-5H3;11,16H,7-10H2,1-6H3;/q-1;;/b;12-11-;. The molecule has 0 saturated heterocycles. The van der Waals surface area contributed by atoms with Crippen LogP contribution in [-0.2, 0) is 35.7 Å². The molecule has 0 amide bonds. The first-order chi connectivity index (χ1) is 23.1. The van der Waals surface area contributed by atoms with E-state index in [1.54, 1.807) is 0 Å². The molecule has 0 fully saturated rings. The van der Waals surface area contributed by atoms with Crippen molar-refractivity contribution in [3.63, 3.8) is 0 Å². The molecule has 0 bridgehead atoms. The first-order valence-electron chi connectivity index (χ1n) is 18.0. The van der Waals surface area contributed by atoms with E-state index < -0.39 is 0 Å². The zero-order chi connectivity index (χ0) is 35.9. The maximum atomic E-state index is 12.2. The summed E-state index contributed by atoms with van der Waals surface area (Å²) in [5, 5.41) is 12.5. The molecule has 6 rings (SSSR count). The SMILES string of the molecule is CC(C)(C)c1cc(-c2[c-]ccc3c2C(C)(C)c2c-3oc3ccccc23)nc2ccccc12.CCC(C)(CC)C(=O)/C=C(\O)C(C)(CC)CC.[Ir]. The molecule has 0 saturated carbocycles. The van der Waals surface area contributed by atoms with E-state index in [0.717, 1.165) is 59.4 Å². The second-order valence-corrected chi connectivity index (χ2v) is 15.8. The maximum Gasteiger partial charge on any atom is 0.164 e. The van der Waals surface area contributed by atoms with Gasteiger partial charge in [0.1, 0.15) is 17.1 Å². The summed E-state index contributed by atoms with van der Waals surface area (Å²) in [4.78, 5) is 17.3. The van der Waals surface area contributed by atoms with Gasteiger partial charge < -0.3 is 9.52 Å². The molecule has 5 aromatic rings. The average Bonchev–Trinajstić information content (AvgIpc) is 3.60. The number of aliphatic hydroxyl groups is 1. The molecule has 2 heterocycles. The summed E-state index contributed by atoms with van der Waals surface area (Å²) in [6.45, 7) is 23.5. The number of rotatable bonds is 8. The van der Waals surface area contributed by atoms with Gasteiger partial charge in [-0.05, 0) is 59.9 Å². The summed E-state index contributed by atoms with van der Waals surface area (Å²) in [6, 6.07) is 26.8. The minimum absolute atomic E-state index is 0. The van der Waals surface area contributed by atoms with Gasteiger partial charge >= 0.3 is 0 Å². The summed E-state index contributed by atoms with van der Waals surface area (Å²) in [5.41, 5.74) is 8.20. The molecule has 267 valence electrons. The number of pyridine rings is 1. The smallest absolute Gasteiger partial charge is 0.164 e. The minimum Gasteiger partial charge on any atom is -0.512 e. The van der Waals surface area contributed by atoms with E-state index in [9.17, 15) is 9.90 Å². The van der Waals surface area contributed by atoms with E-state index in [0.29, 0.717) is 0 Å². The van der Waals surface area contributed by atoms with E-state index >= 15 is 0 Å². The zero-order valence-corrected chi connectivity index (χ0v) is 34.2. The number of aromatic nitrogens is 1. The number of furan rings is 1. The van der Waals surface area contributed by atoms with E-state index in [1.807, 2.05) is 53.7 Å². The van der Waals surface area contributed by atoms with Crippen molar-refractivity contribution in [2.24, 2.45) is 10.8 Å². The molecule has 0 unspecified atom stereocenters. The van der Waals surface area contributed by atoms with Gasteiger partial charge in [-0.1, -0.05) is 124 Å². The van der Waals surface area contributed by atoms with Crippen molar-refractivity contribution >= 4 is 27.7 Å². The van der Waals surface area contributed by atoms with Crippen LogP contribution in [0.2, 0.25) is 0 Å². The quantitative estimate of drug-likeness (QED) is 0.0960. The Labute approximate surface area is 313 Å². The second-order valence-electron chi connectivity index (χ2n) is 15.8. The molecular formula is C45H54IrNO3-. The third kappa shape index (κ3) is 6.89. The monoisotopic (exact) mass is 849 g/mol. The van der Waals surface area contributed by atoms with Crippen LogP contribution < -0.4 is 0 Å². The van der Waals surface area contributed by atoms with Crippen LogP contribution in [0.25, 0.3) is 44.5 Å². The number of aliphatic hydroxyl groups excluding tert-OH is 1. The number of para-hydroxylation sites is 2. The van der Waals surface area contributed by atoms with Crippen molar-refractivity contribution in [1.29, 1.82) is 0 Å². The normalized spacial score (nSPS) is 14.1. The Morgan fingerprint density at radius 3 is 2.02 bits per heavy atom. The largest absolute Gasteiger partial charge is 0.512 e. The van der Waals surface area contributed by atoms with Crippen molar-refractivity contribution in [3.8, 4) is 22.6 Å². The van der Waals surface area contributed by atoms with Crippen LogP contribution in [0.1, 0.15) is 119 Å². The fourth-order valence-electron chi connectivity index (χ4n) is 7.13. The summed E-state index contributed by atoms with van der Waals surface area (Å²) >= 11 is 0. The summed E-state index contributed by atoms with van der Waals surface area (Å²) in [5.74, 6) is 1.27. The van der Waals surface area contributed by atoms with Crippen LogP contribution in [0.3, 0.4) is 0 Å². The number of hydrogen-bond acceptors (Lipinski definition) is 4. The van der Waals surface area contributed by atoms with Crippen molar-refractivity contribution in [1.82, 2.24) is 4.98 Å². The van der Waals surface area contributed by atoms with Gasteiger partial charge in [0, 0.05) is 53.3 Å². The first-order valence-corrected chi connectivity index (χ1v) is 18.0. The molecule has 50 heavy (non-hydrogen) atoms. The van der Waals surface area contributed by atoms with Crippen LogP contribution in [0.4, 0.5) is 0 Å². The van der Waals surface area contributed by atoms with E-state index in [1.165, 1.54) is 33.5 Å². The van der Waals surface area contributed by atoms with Crippen molar-refractivity contribution in [2.75, 3.05) is 0 Å². The van der Waals surface area contributed by atoms with Gasteiger partial charge in [0.25, 0.3) is 0 Å². The van der Waals surface area contributed by atoms with Crippen molar-refractivity contribution in [3.05, 3.63) is 101 Å². The molecule has 0 atom stereocenters. The van der Waals surface area contributed by atoms with Crippen molar-refractivity contribution < 1.29 is 34.4 Å². The van der Waals surface area contributed by atoms with Crippen LogP contribution in [0.5, 0.6) is 0 Å². The fraction of sp³-hybridized carbons (Fsp3) is 0.422. The number of nitrogens with zero attached hydrogens (tertiary/aromatic N) is 1. The Bertz CT molecular complexity index is 2030. The van der Waals surface area contributed by atoms with Gasteiger partial charge in [-0.3, -0.25) is 9.78 Å². The summed E-state index contributed by atoms with van der Waals surface area (Å²) in [7, 11) is 0. The number of benzene rings is 3. The van der Waals surface area contributed by atoms with E-state index in [2.05, 4.69) is 95.3 Å². The van der Waals surface area contributed by atoms with Crippen LogP contribution in [0, 0.1) is 16.9 Å². The van der Waals surface area contributed by atoms with Gasteiger partial charge in [-0.15, -0.1) is 29.3 Å². The molecule has 2 aromatic heterocycles. The molecular weight excluding hydrogens is 795 g/mol. The molecule has 1 aliphatic rings. The predicted octanol–water partition coefficient (Wildman–Crippen LogP) is 12.7. The molecule has 0 aliphatic heterocycles. The number of allylic oxidation sites excluding steroid dienone is 2. The van der Waals surface area contributed by atoms with Crippen LogP contribution >= 0.6 is 0 Å². The van der Waals surface area contributed by atoms with Crippen LogP contribution in [-0.4, -0.2) is 15.9 Å². The van der Waals surface area contributed by atoms with Gasteiger partial charge in [-0.25, -0.2) is 0 Å². The third-order valence-corrected chi connectivity index (χ3v) is 11.5. The Kier molecular flexibility index (Phi) is 11.5. The third-order valence-electron chi connectivity index (χ3n) is 11.5. The number of ketones is 1.